The summed E-state index contributed by atoms with van der Waals surface area (Å²) in [4.78, 5) is 0. The lowest BCUT2D eigenvalue weighted by Crippen LogP contribution is -2.20. The van der Waals surface area contributed by atoms with Crippen molar-refractivity contribution in [3.05, 3.63) is 29.3 Å². The molecule has 0 aromatic heterocycles. The number of hydrogen-bond donors (Lipinski definition) is 1. The van der Waals surface area contributed by atoms with Gasteiger partial charge in [0.15, 0.2) is 0 Å². The Morgan fingerprint density at radius 3 is 3.00 bits per heavy atom. The molecular formula is C16H25NO. The van der Waals surface area contributed by atoms with Gasteiger partial charge >= 0.3 is 0 Å². The third-order valence-electron chi connectivity index (χ3n) is 3.38. The Hall–Kier alpha value is -1.02. The van der Waals surface area contributed by atoms with Crippen molar-refractivity contribution < 1.29 is 4.74 Å². The van der Waals surface area contributed by atoms with Gasteiger partial charge in [-0.05, 0) is 55.5 Å². The number of nitrogens with one attached hydrogen (secondary N) is 1. The van der Waals surface area contributed by atoms with E-state index in [1.54, 1.807) is 0 Å². The maximum atomic E-state index is 5.52. The van der Waals surface area contributed by atoms with Crippen LogP contribution in [0.1, 0.15) is 37.8 Å². The molecule has 0 radical (unpaired) electrons. The van der Waals surface area contributed by atoms with E-state index < -0.39 is 0 Å². The summed E-state index contributed by atoms with van der Waals surface area (Å²) in [5.74, 6) is 1.85. The molecular weight excluding hydrogens is 222 g/mol. The molecule has 18 heavy (non-hydrogen) atoms. The van der Waals surface area contributed by atoms with Crippen LogP contribution in [-0.2, 0) is 12.8 Å². The molecule has 0 atom stereocenters. The van der Waals surface area contributed by atoms with Crippen LogP contribution in [0.4, 0.5) is 0 Å². The third kappa shape index (κ3) is 4.02. The second-order valence-electron chi connectivity index (χ2n) is 5.60. The maximum Gasteiger partial charge on any atom is 0.122 e. The van der Waals surface area contributed by atoms with Crippen molar-refractivity contribution in [3.63, 3.8) is 0 Å². The SMILES string of the molecule is CC(C)CNCCCCc1ccc2c(c1)CCO2. The van der Waals surface area contributed by atoms with Gasteiger partial charge < -0.3 is 10.1 Å². The van der Waals surface area contributed by atoms with Gasteiger partial charge in [0.1, 0.15) is 5.75 Å². The van der Waals surface area contributed by atoms with Crippen LogP contribution in [0, 0.1) is 5.92 Å². The first-order valence-electron chi connectivity index (χ1n) is 7.21. The average Bonchev–Trinajstić information content (AvgIpc) is 2.80. The van der Waals surface area contributed by atoms with E-state index in [4.69, 9.17) is 4.74 Å². The average molecular weight is 247 g/mol. The molecule has 2 heteroatoms. The summed E-state index contributed by atoms with van der Waals surface area (Å²) in [6.07, 6.45) is 4.81. The number of unbranched alkanes of at least 4 members (excludes halogenated alkanes) is 1. The smallest absolute Gasteiger partial charge is 0.122 e. The predicted octanol–water partition coefficient (Wildman–Crippen LogP) is 3.19. The molecule has 2 rings (SSSR count). The summed E-state index contributed by atoms with van der Waals surface area (Å²) in [5.41, 5.74) is 2.86. The number of hydrogen-bond acceptors (Lipinski definition) is 2. The summed E-state index contributed by atoms with van der Waals surface area (Å²) in [7, 11) is 0. The highest BCUT2D eigenvalue weighted by Gasteiger charge is 2.11. The summed E-state index contributed by atoms with van der Waals surface area (Å²) in [6.45, 7) is 7.64. The van der Waals surface area contributed by atoms with Crippen molar-refractivity contribution in [2.75, 3.05) is 19.7 Å². The maximum absolute atomic E-state index is 5.52. The van der Waals surface area contributed by atoms with E-state index in [1.165, 1.54) is 30.4 Å². The van der Waals surface area contributed by atoms with E-state index in [2.05, 4.69) is 37.4 Å². The lowest BCUT2D eigenvalue weighted by atomic mass is 10.0. The Labute approximate surface area is 111 Å². The highest BCUT2D eigenvalue weighted by molar-refractivity contribution is 5.39. The first kappa shape index (κ1) is 13.4. The number of aryl methyl sites for hydroxylation is 1. The molecule has 1 N–H and O–H groups in total. The number of benzene rings is 1. The highest BCUT2D eigenvalue weighted by atomic mass is 16.5. The summed E-state index contributed by atoms with van der Waals surface area (Å²) >= 11 is 0. The minimum Gasteiger partial charge on any atom is -0.493 e. The second kappa shape index (κ2) is 6.79. The van der Waals surface area contributed by atoms with Gasteiger partial charge in [0.2, 0.25) is 0 Å². The van der Waals surface area contributed by atoms with Crippen molar-refractivity contribution in [1.29, 1.82) is 0 Å². The van der Waals surface area contributed by atoms with Gasteiger partial charge in [-0.1, -0.05) is 26.0 Å². The molecule has 1 aromatic rings. The van der Waals surface area contributed by atoms with Crippen molar-refractivity contribution in [2.24, 2.45) is 5.92 Å². The van der Waals surface area contributed by atoms with Crippen LogP contribution in [-0.4, -0.2) is 19.7 Å². The zero-order valence-electron chi connectivity index (χ0n) is 11.7. The minimum absolute atomic E-state index is 0.752. The normalized spacial score (nSPS) is 13.7. The highest BCUT2D eigenvalue weighted by Crippen LogP contribution is 2.26. The predicted molar refractivity (Wildman–Crippen MR) is 76.3 cm³/mol. The summed E-state index contributed by atoms with van der Waals surface area (Å²) in [6, 6.07) is 6.67. The van der Waals surface area contributed by atoms with Gasteiger partial charge in [0.05, 0.1) is 6.61 Å². The molecule has 100 valence electrons. The summed E-state index contributed by atoms with van der Waals surface area (Å²) in [5, 5.41) is 3.49. The molecule has 2 nitrogen and oxygen atoms in total. The molecule has 0 aliphatic carbocycles. The zero-order chi connectivity index (χ0) is 12.8. The Kier molecular flexibility index (Phi) is 5.06. The fourth-order valence-electron chi connectivity index (χ4n) is 2.37. The Bertz CT molecular complexity index is 373. The van der Waals surface area contributed by atoms with Crippen LogP contribution < -0.4 is 10.1 Å². The topological polar surface area (TPSA) is 21.3 Å². The molecule has 1 aliphatic heterocycles. The van der Waals surface area contributed by atoms with E-state index in [0.717, 1.165) is 37.8 Å². The van der Waals surface area contributed by atoms with Gasteiger partial charge in [0.25, 0.3) is 0 Å². The lowest BCUT2D eigenvalue weighted by molar-refractivity contribution is 0.357. The fraction of sp³-hybridized carbons (Fsp3) is 0.625. The Morgan fingerprint density at radius 1 is 1.28 bits per heavy atom. The number of fused-ring (bicyclic) bond motifs is 1. The van der Waals surface area contributed by atoms with Gasteiger partial charge in [-0.2, -0.15) is 0 Å². The van der Waals surface area contributed by atoms with Crippen LogP contribution in [0.3, 0.4) is 0 Å². The monoisotopic (exact) mass is 247 g/mol. The first-order valence-corrected chi connectivity index (χ1v) is 7.21. The molecule has 0 bridgehead atoms. The van der Waals surface area contributed by atoms with Crippen molar-refractivity contribution in [1.82, 2.24) is 5.32 Å². The molecule has 1 heterocycles. The lowest BCUT2D eigenvalue weighted by Gasteiger charge is -2.07. The van der Waals surface area contributed by atoms with Crippen LogP contribution in [0.5, 0.6) is 5.75 Å². The fourth-order valence-corrected chi connectivity index (χ4v) is 2.37. The van der Waals surface area contributed by atoms with E-state index in [0.29, 0.717) is 0 Å². The van der Waals surface area contributed by atoms with Gasteiger partial charge in [-0.15, -0.1) is 0 Å². The van der Waals surface area contributed by atoms with Crippen LogP contribution >= 0.6 is 0 Å². The molecule has 0 spiro atoms. The summed E-state index contributed by atoms with van der Waals surface area (Å²) < 4.78 is 5.52. The van der Waals surface area contributed by atoms with Gasteiger partial charge in [0, 0.05) is 6.42 Å². The molecule has 1 aromatic carbocycles. The number of ether oxygens (including phenoxy) is 1. The first-order chi connectivity index (χ1) is 8.75. The molecule has 0 saturated heterocycles. The Balaban J connectivity index is 1.65. The van der Waals surface area contributed by atoms with Gasteiger partial charge in [-0.25, -0.2) is 0 Å². The minimum atomic E-state index is 0.752. The van der Waals surface area contributed by atoms with Gasteiger partial charge in [-0.3, -0.25) is 0 Å². The largest absolute Gasteiger partial charge is 0.493 e. The molecule has 1 aliphatic rings. The van der Waals surface area contributed by atoms with Crippen molar-refractivity contribution >= 4 is 0 Å². The van der Waals surface area contributed by atoms with Crippen LogP contribution in [0.25, 0.3) is 0 Å². The van der Waals surface area contributed by atoms with E-state index in [1.807, 2.05) is 0 Å². The molecule has 0 amide bonds. The zero-order valence-corrected chi connectivity index (χ0v) is 11.7. The van der Waals surface area contributed by atoms with Crippen molar-refractivity contribution in [3.8, 4) is 5.75 Å². The molecule has 0 saturated carbocycles. The van der Waals surface area contributed by atoms with E-state index in [-0.39, 0.29) is 0 Å². The standard InChI is InChI=1S/C16H25NO/c1-13(2)12-17-9-4-3-5-14-6-7-16-15(11-14)8-10-18-16/h6-7,11,13,17H,3-5,8-10,12H2,1-2H3. The Morgan fingerprint density at radius 2 is 2.17 bits per heavy atom. The van der Waals surface area contributed by atoms with Crippen LogP contribution in [0.2, 0.25) is 0 Å². The van der Waals surface area contributed by atoms with E-state index in [9.17, 15) is 0 Å². The van der Waals surface area contributed by atoms with Crippen molar-refractivity contribution in [2.45, 2.75) is 39.5 Å². The quantitative estimate of drug-likeness (QED) is 0.747. The molecule has 0 fully saturated rings. The van der Waals surface area contributed by atoms with Crippen LogP contribution in [0.15, 0.2) is 18.2 Å². The molecule has 0 unspecified atom stereocenters. The van der Waals surface area contributed by atoms with E-state index >= 15 is 0 Å². The number of rotatable bonds is 7. The second-order valence-corrected chi connectivity index (χ2v) is 5.60. The third-order valence-corrected chi connectivity index (χ3v) is 3.38.